The number of aromatic nitrogens is 4. The van der Waals surface area contributed by atoms with E-state index in [4.69, 9.17) is 15.0 Å². The largest absolute Gasteiger partial charge is 0.368 e. The second-order valence-corrected chi connectivity index (χ2v) is 11.1. The van der Waals surface area contributed by atoms with E-state index in [0.717, 1.165) is 29.9 Å². The van der Waals surface area contributed by atoms with Crippen molar-refractivity contribution in [3.63, 3.8) is 0 Å². The number of anilines is 3. The first-order valence-corrected chi connectivity index (χ1v) is 15.0. The van der Waals surface area contributed by atoms with Gasteiger partial charge in [0.15, 0.2) is 17.0 Å². The Balaban J connectivity index is 1.35. The molecule has 2 aromatic heterocycles. The van der Waals surface area contributed by atoms with E-state index < -0.39 is 0 Å². The number of unbranched alkanes of at least 4 members (excludes halogenated alkanes) is 1. The van der Waals surface area contributed by atoms with E-state index in [1.165, 1.54) is 42.5 Å². The number of halogens is 1. The maximum atomic E-state index is 13.6. The van der Waals surface area contributed by atoms with E-state index in [9.17, 15) is 9.18 Å². The van der Waals surface area contributed by atoms with Gasteiger partial charge in [-0.1, -0.05) is 69.0 Å². The summed E-state index contributed by atoms with van der Waals surface area (Å²) in [5.41, 5.74) is 4.40. The fourth-order valence-corrected chi connectivity index (χ4v) is 5.38. The minimum Gasteiger partial charge on any atom is -0.368 e. The summed E-state index contributed by atoms with van der Waals surface area (Å²) < 4.78 is 15.6. The summed E-state index contributed by atoms with van der Waals surface area (Å²) in [4.78, 5) is 31.4. The zero-order valence-electron chi connectivity index (χ0n) is 24.8. The Morgan fingerprint density at radius 1 is 1.05 bits per heavy atom. The third-order valence-electron chi connectivity index (χ3n) is 7.91. The monoisotopic (exact) mass is 572 g/mol. The van der Waals surface area contributed by atoms with Crippen molar-refractivity contribution in [3.05, 3.63) is 71.8 Å². The normalized spacial score (nSPS) is 14.3. The first-order valence-electron chi connectivity index (χ1n) is 15.0. The highest BCUT2D eigenvalue weighted by molar-refractivity contribution is 5.89. The second kappa shape index (κ2) is 13.6. The van der Waals surface area contributed by atoms with E-state index in [1.807, 2.05) is 6.33 Å². The van der Waals surface area contributed by atoms with Gasteiger partial charge < -0.3 is 25.0 Å². The van der Waals surface area contributed by atoms with Crippen molar-refractivity contribution in [2.24, 2.45) is 5.92 Å². The first kappa shape index (κ1) is 29.3. The van der Waals surface area contributed by atoms with Gasteiger partial charge in [-0.3, -0.25) is 0 Å². The molecule has 1 fully saturated rings. The highest BCUT2D eigenvalue weighted by atomic mass is 19.1. The highest BCUT2D eigenvalue weighted by Gasteiger charge is 2.25. The predicted molar refractivity (Wildman–Crippen MR) is 167 cm³/mol. The number of carbonyl (C=O) groups excluding carboxylic acids is 1. The molecule has 5 rings (SSSR count). The standard InChI is InChI=1S/C32H41FN8O/c1-4-6-10-24(5-2)20-34-29-28-30(41(22-35-28)21-25-11-7-9-23(3)18-25)38-31(37-29)39-14-16-40(17-15-39)32(42)36-27-13-8-12-26(33)19-27/h7-9,11-13,18-19,22,24H,4-6,10,14-17,20-21H2,1-3H3,(H,36,42)(H,34,37,38). The fourth-order valence-electron chi connectivity index (χ4n) is 5.38. The lowest BCUT2D eigenvalue weighted by molar-refractivity contribution is 0.208. The van der Waals surface area contributed by atoms with Crippen molar-refractivity contribution in [2.75, 3.05) is 48.3 Å². The number of hydrogen-bond acceptors (Lipinski definition) is 6. The van der Waals surface area contributed by atoms with Gasteiger partial charge >= 0.3 is 6.03 Å². The van der Waals surface area contributed by atoms with Crippen LogP contribution in [0.1, 0.15) is 50.7 Å². The maximum absolute atomic E-state index is 13.6. The molecule has 1 aliphatic rings. The van der Waals surface area contributed by atoms with E-state index in [0.29, 0.717) is 50.3 Å². The Hall–Kier alpha value is -4.21. The van der Waals surface area contributed by atoms with Crippen LogP contribution in [0.25, 0.3) is 11.2 Å². The van der Waals surface area contributed by atoms with Gasteiger partial charge in [0.1, 0.15) is 5.82 Å². The summed E-state index contributed by atoms with van der Waals surface area (Å²) in [5, 5.41) is 6.41. The van der Waals surface area contributed by atoms with Crippen molar-refractivity contribution in [1.29, 1.82) is 0 Å². The molecule has 2 amide bonds. The summed E-state index contributed by atoms with van der Waals surface area (Å²) in [7, 11) is 0. The Labute approximate surface area is 247 Å². The minimum absolute atomic E-state index is 0.243. The predicted octanol–water partition coefficient (Wildman–Crippen LogP) is 6.30. The third-order valence-corrected chi connectivity index (χ3v) is 7.91. The maximum Gasteiger partial charge on any atom is 0.321 e. The molecule has 222 valence electrons. The van der Waals surface area contributed by atoms with Crippen LogP contribution < -0.4 is 15.5 Å². The van der Waals surface area contributed by atoms with Crippen LogP contribution in [0, 0.1) is 18.7 Å². The van der Waals surface area contributed by atoms with Crippen LogP contribution in [-0.2, 0) is 6.54 Å². The third kappa shape index (κ3) is 7.16. The van der Waals surface area contributed by atoms with Gasteiger partial charge in [0.25, 0.3) is 0 Å². The molecule has 10 heteroatoms. The molecule has 1 saturated heterocycles. The van der Waals surface area contributed by atoms with E-state index in [1.54, 1.807) is 17.0 Å². The number of nitrogens with one attached hydrogen (secondary N) is 2. The number of nitrogens with zero attached hydrogens (tertiary/aromatic N) is 6. The molecular weight excluding hydrogens is 531 g/mol. The molecule has 0 aliphatic carbocycles. The summed E-state index contributed by atoms with van der Waals surface area (Å²) >= 11 is 0. The zero-order valence-corrected chi connectivity index (χ0v) is 24.8. The van der Waals surface area contributed by atoms with Gasteiger partial charge in [-0.25, -0.2) is 14.2 Å². The van der Waals surface area contributed by atoms with Crippen LogP contribution in [0.4, 0.5) is 26.6 Å². The molecular formula is C32H41FN8O. The average Bonchev–Trinajstić information content (AvgIpc) is 3.39. The number of imidazole rings is 1. The van der Waals surface area contributed by atoms with Crippen LogP contribution >= 0.6 is 0 Å². The van der Waals surface area contributed by atoms with Gasteiger partial charge in [-0.05, 0) is 43.0 Å². The number of aryl methyl sites for hydroxylation is 1. The number of amides is 2. The van der Waals surface area contributed by atoms with Crippen LogP contribution in [0.5, 0.6) is 0 Å². The molecule has 0 bridgehead atoms. The Morgan fingerprint density at radius 3 is 2.60 bits per heavy atom. The first-order chi connectivity index (χ1) is 20.4. The number of carbonyl (C=O) groups is 1. The lowest BCUT2D eigenvalue weighted by Crippen LogP contribution is -2.50. The zero-order chi connectivity index (χ0) is 29.5. The molecule has 0 spiro atoms. The smallest absolute Gasteiger partial charge is 0.321 e. The molecule has 2 N–H and O–H groups in total. The van der Waals surface area contributed by atoms with Gasteiger partial charge in [-0.15, -0.1) is 0 Å². The topological polar surface area (TPSA) is 91.2 Å². The van der Waals surface area contributed by atoms with Crippen molar-refractivity contribution < 1.29 is 9.18 Å². The summed E-state index contributed by atoms with van der Waals surface area (Å²) in [6.45, 7) is 10.2. The number of urea groups is 1. The lowest BCUT2D eigenvalue weighted by atomic mass is 9.99. The Morgan fingerprint density at radius 2 is 1.86 bits per heavy atom. The summed E-state index contributed by atoms with van der Waals surface area (Å²) in [5.74, 6) is 1.56. The van der Waals surface area contributed by atoms with Crippen LogP contribution in [0.3, 0.4) is 0 Å². The quantitative estimate of drug-likeness (QED) is 0.219. The molecule has 0 saturated carbocycles. The highest BCUT2D eigenvalue weighted by Crippen LogP contribution is 2.25. The number of fused-ring (bicyclic) bond motifs is 1. The lowest BCUT2D eigenvalue weighted by Gasteiger charge is -2.34. The van der Waals surface area contributed by atoms with E-state index >= 15 is 0 Å². The SMILES string of the molecule is CCCCC(CC)CNc1nc(N2CCN(C(=O)Nc3cccc(F)c3)CC2)nc2c1ncn2Cc1cccc(C)c1. The number of rotatable bonds is 11. The second-order valence-electron chi connectivity index (χ2n) is 11.1. The molecule has 1 atom stereocenters. The van der Waals surface area contributed by atoms with Crippen LogP contribution in [0.2, 0.25) is 0 Å². The number of hydrogen-bond donors (Lipinski definition) is 2. The Bertz CT molecular complexity index is 1500. The molecule has 4 aromatic rings. The average molecular weight is 573 g/mol. The fraction of sp³-hybridized carbons (Fsp3) is 0.438. The van der Waals surface area contributed by atoms with Gasteiger partial charge in [-0.2, -0.15) is 9.97 Å². The molecule has 2 aromatic carbocycles. The van der Waals surface area contributed by atoms with Crippen molar-refractivity contribution in [3.8, 4) is 0 Å². The van der Waals surface area contributed by atoms with Crippen molar-refractivity contribution >= 4 is 34.6 Å². The van der Waals surface area contributed by atoms with Gasteiger partial charge in [0, 0.05) is 38.4 Å². The summed E-state index contributed by atoms with van der Waals surface area (Å²) in [6.07, 6.45) is 6.54. The van der Waals surface area contributed by atoms with Crippen LogP contribution in [0.15, 0.2) is 54.9 Å². The van der Waals surface area contributed by atoms with Gasteiger partial charge in [0.2, 0.25) is 5.95 Å². The molecule has 0 radical (unpaired) electrons. The summed E-state index contributed by atoms with van der Waals surface area (Å²) in [6, 6.07) is 14.2. The molecule has 1 unspecified atom stereocenters. The molecule has 3 heterocycles. The molecule has 9 nitrogen and oxygen atoms in total. The van der Waals surface area contributed by atoms with Crippen LogP contribution in [-0.4, -0.2) is 63.2 Å². The molecule has 42 heavy (non-hydrogen) atoms. The van der Waals surface area contributed by atoms with E-state index in [2.05, 4.69) is 65.1 Å². The number of benzene rings is 2. The molecule has 1 aliphatic heterocycles. The van der Waals surface area contributed by atoms with Crippen molar-refractivity contribution in [1.82, 2.24) is 24.4 Å². The van der Waals surface area contributed by atoms with Crippen molar-refractivity contribution in [2.45, 2.75) is 53.0 Å². The Kier molecular flexibility index (Phi) is 9.51. The van der Waals surface area contributed by atoms with E-state index in [-0.39, 0.29) is 11.8 Å². The minimum atomic E-state index is -0.383. The number of piperazine rings is 1. The van der Waals surface area contributed by atoms with Gasteiger partial charge in [0.05, 0.1) is 12.9 Å².